The highest BCUT2D eigenvalue weighted by molar-refractivity contribution is 5.30. The zero-order valence-corrected chi connectivity index (χ0v) is 12.8. The molecule has 0 aromatic heterocycles. The van der Waals surface area contributed by atoms with Gasteiger partial charge in [0.05, 0.1) is 0 Å². The maximum atomic E-state index is 5.56. The Kier molecular flexibility index (Phi) is 5.99. The molecule has 1 fully saturated rings. The molecule has 0 aliphatic heterocycles. The zero-order chi connectivity index (χ0) is 14.2. The molecule has 2 rings (SSSR count). The van der Waals surface area contributed by atoms with Crippen LogP contribution < -0.4 is 4.74 Å². The Morgan fingerprint density at radius 1 is 1.10 bits per heavy atom. The van der Waals surface area contributed by atoms with E-state index in [0.717, 1.165) is 17.6 Å². The highest BCUT2D eigenvalue weighted by Crippen LogP contribution is 2.37. The fraction of sp³-hybridized carbons (Fsp3) is 0.579. The summed E-state index contributed by atoms with van der Waals surface area (Å²) < 4.78 is 5.56. The minimum absolute atomic E-state index is 0.484. The van der Waals surface area contributed by atoms with E-state index in [1.807, 2.05) is 6.92 Å². The molecule has 1 nitrogen and oxygen atoms in total. The van der Waals surface area contributed by atoms with E-state index in [1.165, 1.54) is 44.1 Å². The Balaban J connectivity index is 1.85. The smallest absolute Gasteiger partial charge is 0.149 e. The molecule has 1 aromatic rings. The summed E-state index contributed by atoms with van der Waals surface area (Å²) in [5, 5.41) is 0. The Morgan fingerprint density at radius 3 is 2.40 bits per heavy atom. The average Bonchev–Trinajstić information content (AvgIpc) is 2.49. The first-order chi connectivity index (χ1) is 9.83. The molecule has 1 heteroatoms. The van der Waals surface area contributed by atoms with Crippen LogP contribution in [-0.2, 0) is 0 Å². The Labute approximate surface area is 123 Å². The zero-order valence-electron chi connectivity index (χ0n) is 12.8. The topological polar surface area (TPSA) is 9.23 Å². The molecule has 1 saturated carbocycles. The van der Waals surface area contributed by atoms with Crippen molar-refractivity contribution in [3.8, 4) is 17.6 Å². The normalized spacial score (nSPS) is 21.9. The summed E-state index contributed by atoms with van der Waals surface area (Å²) in [7, 11) is 0. The Morgan fingerprint density at radius 2 is 1.80 bits per heavy atom. The van der Waals surface area contributed by atoms with Crippen LogP contribution in [0.3, 0.4) is 0 Å². The minimum atomic E-state index is 0.484. The molecule has 1 aliphatic carbocycles. The maximum Gasteiger partial charge on any atom is 0.149 e. The first-order valence-corrected chi connectivity index (χ1v) is 7.95. The lowest BCUT2D eigenvalue weighted by Gasteiger charge is -2.28. The Bertz CT molecular complexity index is 441. The Hall–Kier alpha value is -1.42. The molecule has 0 heterocycles. The lowest BCUT2D eigenvalue weighted by Crippen LogP contribution is -2.13. The molecule has 0 N–H and O–H groups in total. The summed E-state index contributed by atoms with van der Waals surface area (Å²) in [5.41, 5.74) is 1.48. The third-order valence-corrected chi connectivity index (χ3v) is 4.38. The number of hydrogen-bond acceptors (Lipinski definition) is 1. The van der Waals surface area contributed by atoms with Crippen LogP contribution in [0.5, 0.6) is 5.75 Å². The predicted octanol–water partition coefficient (Wildman–Crippen LogP) is 5.16. The van der Waals surface area contributed by atoms with Crippen LogP contribution in [0, 0.1) is 17.8 Å². The van der Waals surface area contributed by atoms with Crippen LogP contribution in [0.2, 0.25) is 0 Å². The highest BCUT2D eigenvalue weighted by atomic mass is 16.5. The van der Waals surface area contributed by atoms with Crippen molar-refractivity contribution >= 4 is 0 Å². The first kappa shape index (κ1) is 15.0. The maximum absolute atomic E-state index is 5.56. The number of ether oxygens (including phenoxy) is 1. The summed E-state index contributed by atoms with van der Waals surface area (Å²) in [6.07, 6.45) is 8.27. The molecule has 0 radical (unpaired) electrons. The third-order valence-electron chi connectivity index (χ3n) is 4.38. The predicted molar refractivity (Wildman–Crippen MR) is 85.0 cm³/mol. The van der Waals surface area contributed by atoms with Gasteiger partial charge in [-0.1, -0.05) is 37.8 Å². The molecular weight excluding hydrogens is 244 g/mol. The van der Waals surface area contributed by atoms with Crippen molar-refractivity contribution in [2.24, 2.45) is 5.92 Å². The largest absolute Gasteiger partial charge is 0.481 e. The summed E-state index contributed by atoms with van der Waals surface area (Å²) in [4.78, 5) is 0. The third kappa shape index (κ3) is 4.30. The van der Waals surface area contributed by atoms with Gasteiger partial charge in [0.25, 0.3) is 0 Å². The molecular formula is C19H26O. The SMILES string of the molecule is CC#CCOc1ccc(C2CCC(CCC)CC2)cc1. The second kappa shape index (κ2) is 8.00. The van der Waals surface area contributed by atoms with Gasteiger partial charge in [-0.25, -0.2) is 0 Å². The van der Waals surface area contributed by atoms with Crippen LogP contribution >= 0.6 is 0 Å². The van der Waals surface area contributed by atoms with Crippen LogP contribution in [0.4, 0.5) is 0 Å². The minimum Gasteiger partial charge on any atom is -0.481 e. The van der Waals surface area contributed by atoms with Crippen LogP contribution in [-0.4, -0.2) is 6.61 Å². The quantitative estimate of drug-likeness (QED) is 0.671. The van der Waals surface area contributed by atoms with Gasteiger partial charge in [0.2, 0.25) is 0 Å². The second-order valence-corrected chi connectivity index (χ2v) is 5.79. The summed E-state index contributed by atoms with van der Waals surface area (Å²) in [5.74, 6) is 8.42. The standard InChI is InChI=1S/C19H26O/c1-3-5-15-20-19-13-11-18(12-14-19)17-9-7-16(6-4-2)8-10-17/h11-14,16-17H,4,6-10,15H2,1-2H3. The van der Waals surface area contributed by atoms with E-state index < -0.39 is 0 Å². The van der Waals surface area contributed by atoms with Gasteiger partial charge in [-0.3, -0.25) is 0 Å². The first-order valence-electron chi connectivity index (χ1n) is 7.95. The molecule has 0 atom stereocenters. The molecule has 108 valence electrons. The molecule has 1 aliphatic rings. The lowest BCUT2D eigenvalue weighted by atomic mass is 9.77. The van der Waals surface area contributed by atoms with E-state index >= 15 is 0 Å². The van der Waals surface area contributed by atoms with Crippen molar-refractivity contribution in [2.75, 3.05) is 6.61 Å². The summed E-state index contributed by atoms with van der Waals surface area (Å²) in [6.45, 7) is 4.62. The van der Waals surface area contributed by atoms with E-state index in [4.69, 9.17) is 4.74 Å². The number of hydrogen-bond donors (Lipinski definition) is 0. The average molecular weight is 270 g/mol. The van der Waals surface area contributed by atoms with Gasteiger partial charge in [0, 0.05) is 0 Å². The molecule has 1 aromatic carbocycles. The number of benzene rings is 1. The molecule has 0 bridgehead atoms. The fourth-order valence-corrected chi connectivity index (χ4v) is 3.22. The fourth-order valence-electron chi connectivity index (χ4n) is 3.22. The van der Waals surface area contributed by atoms with Gasteiger partial charge in [-0.2, -0.15) is 0 Å². The molecule has 0 spiro atoms. The molecule has 0 unspecified atom stereocenters. The molecule has 0 saturated heterocycles. The van der Waals surface area contributed by atoms with Crippen molar-refractivity contribution in [1.82, 2.24) is 0 Å². The van der Waals surface area contributed by atoms with Crippen molar-refractivity contribution in [1.29, 1.82) is 0 Å². The molecule has 0 amide bonds. The van der Waals surface area contributed by atoms with E-state index in [2.05, 4.69) is 43.0 Å². The van der Waals surface area contributed by atoms with E-state index in [0.29, 0.717) is 6.61 Å². The van der Waals surface area contributed by atoms with Gasteiger partial charge in [0.1, 0.15) is 12.4 Å². The molecule has 20 heavy (non-hydrogen) atoms. The monoisotopic (exact) mass is 270 g/mol. The van der Waals surface area contributed by atoms with Crippen LogP contribution in [0.1, 0.15) is 63.9 Å². The highest BCUT2D eigenvalue weighted by Gasteiger charge is 2.21. The van der Waals surface area contributed by atoms with Gasteiger partial charge in [0.15, 0.2) is 0 Å². The van der Waals surface area contributed by atoms with Gasteiger partial charge in [-0.05, 0) is 62.1 Å². The van der Waals surface area contributed by atoms with Crippen LogP contribution in [0.25, 0.3) is 0 Å². The van der Waals surface area contributed by atoms with Crippen LogP contribution in [0.15, 0.2) is 24.3 Å². The van der Waals surface area contributed by atoms with Crippen molar-refractivity contribution < 1.29 is 4.74 Å². The van der Waals surface area contributed by atoms with E-state index in [-0.39, 0.29) is 0 Å². The van der Waals surface area contributed by atoms with Gasteiger partial charge in [-0.15, -0.1) is 5.92 Å². The van der Waals surface area contributed by atoms with Crippen molar-refractivity contribution in [3.05, 3.63) is 29.8 Å². The van der Waals surface area contributed by atoms with E-state index in [1.54, 1.807) is 0 Å². The second-order valence-electron chi connectivity index (χ2n) is 5.79. The van der Waals surface area contributed by atoms with E-state index in [9.17, 15) is 0 Å². The summed E-state index contributed by atoms with van der Waals surface area (Å²) >= 11 is 0. The van der Waals surface area contributed by atoms with Gasteiger partial charge < -0.3 is 4.74 Å². The van der Waals surface area contributed by atoms with Crippen molar-refractivity contribution in [2.45, 2.75) is 58.3 Å². The van der Waals surface area contributed by atoms with Gasteiger partial charge >= 0.3 is 0 Å². The van der Waals surface area contributed by atoms with Crippen molar-refractivity contribution in [3.63, 3.8) is 0 Å². The number of rotatable bonds is 5. The lowest BCUT2D eigenvalue weighted by molar-refractivity contribution is 0.308. The summed E-state index contributed by atoms with van der Waals surface area (Å²) in [6, 6.07) is 8.65.